The fraction of sp³-hybridized carbons (Fsp3) is 0.900. The summed E-state index contributed by atoms with van der Waals surface area (Å²) in [6.07, 6.45) is 2.51. The molecule has 2 fully saturated rings. The second kappa shape index (κ2) is 3.29. The second-order valence-corrected chi connectivity index (χ2v) is 4.39. The van der Waals surface area contributed by atoms with Crippen molar-refractivity contribution in [2.24, 2.45) is 11.8 Å². The molecule has 1 amide bonds. The van der Waals surface area contributed by atoms with E-state index in [1.54, 1.807) is 0 Å². The molecule has 0 aromatic carbocycles. The zero-order chi connectivity index (χ0) is 9.42. The Labute approximate surface area is 79.5 Å². The van der Waals surface area contributed by atoms with Crippen LogP contribution in [0.2, 0.25) is 0 Å². The van der Waals surface area contributed by atoms with Gasteiger partial charge in [-0.3, -0.25) is 4.79 Å². The highest BCUT2D eigenvalue weighted by Crippen LogP contribution is 2.37. The van der Waals surface area contributed by atoms with E-state index >= 15 is 0 Å². The van der Waals surface area contributed by atoms with Crippen LogP contribution in [0.5, 0.6) is 0 Å². The van der Waals surface area contributed by atoms with Crippen molar-refractivity contribution in [1.82, 2.24) is 10.2 Å². The molecule has 13 heavy (non-hydrogen) atoms. The summed E-state index contributed by atoms with van der Waals surface area (Å²) >= 11 is 0. The largest absolute Gasteiger partial charge is 0.340 e. The van der Waals surface area contributed by atoms with E-state index in [2.05, 4.69) is 12.2 Å². The van der Waals surface area contributed by atoms with Crippen molar-refractivity contribution >= 4 is 5.91 Å². The standard InChI is InChI=1S/C10H18N2O/c1-7(8-3-4-8)10(13)12(2)9-5-11-6-9/h7-9,11H,3-6H2,1-2H3. The monoisotopic (exact) mass is 182 g/mol. The molecule has 2 rings (SSSR count). The van der Waals surface area contributed by atoms with Crippen LogP contribution < -0.4 is 5.32 Å². The number of amides is 1. The molecule has 0 spiro atoms. The highest BCUT2D eigenvalue weighted by Gasteiger charge is 2.36. The first kappa shape index (κ1) is 9.00. The fourth-order valence-corrected chi connectivity index (χ4v) is 1.85. The summed E-state index contributed by atoms with van der Waals surface area (Å²) in [5.74, 6) is 1.28. The molecule has 1 atom stereocenters. The molecule has 74 valence electrons. The Bertz CT molecular complexity index is 209. The van der Waals surface area contributed by atoms with Crippen LogP contribution in [-0.2, 0) is 4.79 Å². The minimum absolute atomic E-state index is 0.255. The van der Waals surface area contributed by atoms with Crippen molar-refractivity contribution in [3.05, 3.63) is 0 Å². The van der Waals surface area contributed by atoms with E-state index in [4.69, 9.17) is 0 Å². The van der Waals surface area contributed by atoms with Gasteiger partial charge < -0.3 is 10.2 Å². The first-order chi connectivity index (χ1) is 6.20. The maximum atomic E-state index is 11.9. The molecular formula is C10H18N2O. The lowest BCUT2D eigenvalue weighted by atomic mass is 10.0. The predicted molar refractivity (Wildman–Crippen MR) is 51.3 cm³/mol. The molecular weight excluding hydrogens is 164 g/mol. The Kier molecular flexibility index (Phi) is 2.28. The summed E-state index contributed by atoms with van der Waals surface area (Å²) in [6.45, 7) is 4.02. The van der Waals surface area contributed by atoms with Crippen LogP contribution in [0.4, 0.5) is 0 Å². The lowest BCUT2D eigenvalue weighted by Gasteiger charge is -2.37. The van der Waals surface area contributed by atoms with Crippen molar-refractivity contribution in [2.75, 3.05) is 20.1 Å². The summed E-state index contributed by atoms with van der Waals surface area (Å²) in [5.41, 5.74) is 0. The molecule has 0 aromatic heterocycles. The van der Waals surface area contributed by atoms with Crippen LogP contribution in [-0.4, -0.2) is 37.0 Å². The number of likely N-dealkylation sites (N-methyl/N-ethyl adjacent to an activating group) is 1. The second-order valence-electron chi connectivity index (χ2n) is 4.39. The van der Waals surface area contributed by atoms with Crippen molar-refractivity contribution < 1.29 is 4.79 Å². The third-order valence-electron chi connectivity index (χ3n) is 3.37. The topological polar surface area (TPSA) is 32.3 Å². The van der Waals surface area contributed by atoms with E-state index in [1.807, 2.05) is 11.9 Å². The van der Waals surface area contributed by atoms with Crippen LogP contribution >= 0.6 is 0 Å². The minimum atomic E-state index is 0.255. The SMILES string of the molecule is CC(C(=O)N(C)C1CNC1)C1CC1. The third kappa shape index (κ3) is 1.70. The summed E-state index contributed by atoms with van der Waals surface area (Å²) in [5, 5.41) is 3.19. The van der Waals surface area contributed by atoms with Gasteiger partial charge in [0, 0.05) is 26.1 Å². The fourth-order valence-electron chi connectivity index (χ4n) is 1.85. The highest BCUT2D eigenvalue weighted by atomic mass is 16.2. The zero-order valence-corrected chi connectivity index (χ0v) is 8.42. The average molecular weight is 182 g/mol. The van der Waals surface area contributed by atoms with Crippen LogP contribution in [0.3, 0.4) is 0 Å². The number of carbonyl (C=O) groups is 1. The molecule has 3 nitrogen and oxygen atoms in total. The molecule has 2 aliphatic rings. The van der Waals surface area contributed by atoms with Gasteiger partial charge in [0.15, 0.2) is 0 Å². The summed E-state index contributed by atoms with van der Waals surface area (Å²) in [4.78, 5) is 13.8. The van der Waals surface area contributed by atoms with E-state index in [0.29, 0.717) is 17.9 Å². The van der Waals surface area contributed by atoms with Gasteiger partial charge >= 0.3 is 0 Å². The van der Waals surface area contributed by atoms with Gasteiger partial charge in [0.2, 0.25) is 5.91 Å². The number of hydrogen-bond acceptors (Lipinski definition) is 2. The Hall–Kier alpha value is -0.570. The Balaban J connectivity index is 1.86. The van der Waals surface area contributed by atoms with Gasteiger partial charge in [-0.2, -0.15) is 0 Å². The number of nitrogens with zero attached hydrogens (tertiary/aromatic N) is 1. The molecule has 3 heteroatoms. The van der Waals surface area contributed by atoms with Crippen LogP contribution in [0, 0.1) is 11.8 Å². The van der Waals surface area contributed by atoms with E-state index in [9.17, 15) is 4.79 Å². The molecule has 0 radical (unpaired) electrons. The Morgan fingerprint density at radius 2 is 2.08 bits per heavy atom. The normalized spacial score (nSPS) is 25.1. The molecule has 0 bridgehead atoms. The average Bonchev–Trinajstić information content (AvgIpc) is 2.80. The maximum Gasteiger partial charge on any atom is 0.225 e. The summed E-state index contributed by atoms with van der Waals surface area (Å²) in [7, 11) is 1.94. The molecule has 1 unspecified atom stereocenters. The Morgan fingerprint density at radius 1 is 1.46 bits per heavy atom. The zero-order valence-electron chi connectivity index (χ0n) is 8.42. The summed E-state index contributed by atoms with van der Waals surface area (Å²) in [6, 6.07) is 0.452. The number of nitrogens with one attached hydrogen (secondary N) is 1. The van der Waals surface area contributed by atoms with Crippen LogP contribution in [0.15, 0.2) is 0 Å². The van der Waals surface area contributed by atoms with Gasteiger partial charge in [0.1, 0.15) is 0 Å². The highest BCUT2D eigenvalue weighted by molar-refractivity contribution is 5.79. The molecule has 1 N–H and O–H groups in total. The van der Waals surface area contributed by atoms with Gasteiger partial charge in [0.25, 0.3) is 0 Å². The van der Waals surface area contributed by atoms with Gasteiger partial charge in [0.05, 0.1) is 6.04 Å². The lowest BCUT2D eigenvalue weighted by molar-refractivity contribution is -0.137. The van der Waals surface area contributed by atoms with Crippen LogP contribution in [0.25, 0.3) is 0 Å². The van der Waals surface area contributed by atoms with E-state index in [-0.39, 0.29) is 5.92 Å². The van der Waals surface area contributed by atoms with E-state index < -0.39 is 0 Å². The molecule has 1 aliphatic carbocycles. The van der Waals surface area contributed by atoms with Gasteiger partial charge in [-0.1, -0.05) is 6.92 Å². The number of hydrogen-bond donors (Lipinski definition) is 1. The van der Waals surface area contributed by atoms with Crippen molar-refractivity contribution in [3.63, 3.8) is 0 Å². The number of rotatable bonds is 3. The van der Waals surface area contributed by atoms with Gasteiger partial charge in [-0.25, -0.2) is 0 Å². The van der Waals surface area contributed by atoms with Crippen molar-refractivity contribution in [3.8, 4) is 0 Å². The first-order valence-corrected chi connectivity index (χ1v) is 5.17. The van der Waals surface area contributed by atoms with Crippen LogP contribution in [0.1, 0.15) is 19.8 Å². The van der Waals surface area contributed by atoms with E-state index in [0.717, 1.165) is 13.1 Å². The lowest BCUT2D eigenvalue weighted by Crippen LogP contribution is -2.58. The molecule has 1 saturated carbocycles. The minimum Gasteiger partial charge on any atom is -0.340 e. The first-order valence-electron chi connectivity index (χ1n) is 5.17. The molecule has 1 saturated heterocycles. The number of carbonyl (C=O) groups excluding carboxylic acids is 1. The molecule has 1 aliphatic heterocycles. The predicted octanol–water partition coefficient (Wildman–Crippen LogP) is 0.463. The molecule has 1 heterocycles. The quantitative estimate of drug-likeness (QED) is 0.688. The van der Waals surface area contributed by atoms with E-state index in [1.165, 1.54) is 12.8 Å². The third-order valence-corrected chi connectivity index (χ3v) is 3.37. The summed E-state index contributed by atoms with van der Waals surface area (Å²) < 4.78 is 0. The smallest absolute Gasteiger partial charge is 0.225 e. The van der Waals surface area contributed by atoms with Crippen molar-refractivity contribution in [1.29, 1.82) is 0 Å². The maximum absolute atomic E-state index is 11.9. The van der Waals surface area contributed by atoms with Crippen molar-refractivity contribution in [2.45, 2.75) is 25.8 Å². The molecule has 0 aromatic rings. The Morgan fingerprint density at radius 3 is 2.46 bits per heavy atom. The van der Waals surface area contributed by atoms with Gasteiger partial charge in [-0.15, -0.1) is 0 Å². The van der Waals surface area contributed by atoms with Gasteiger partial charge in [-0.05, 0) is 18.8 Å².